The summed E-state index contributed by atoms with van der Waals surface area (Å²) >= 11 is 0. The van der Waals surface area contributed by atoms with E-state index in [1.807, 2.05) is 12.5 Å². The maximum atomic E-state index is 5.54. The van der Waals surface area contributed by atoms with Crippen molar-refractivity contribution in [2.75, 3.05) is 13.2 Å². The molecule has 0 saturated carbocycles. The highest BCUT2D eigenvalue weighted by molar-refractivity contribution is 5.00. The molecule has 0 spiro atoms. The first kappa shape index (κ1) is 9.68. The van der Waals surface area contributed by atoms with Crippen molar-refractivity contribution < 1.29 is 4.74 Å². The zero-order valence-corrected chi connectivity index (χ0v) is 8.57. The molecular formula is C10H17N3O. The zero-order chi connectivity index (χ0) is 10.0. The summed E-state index contributed by atoms with van der Waals surface area (Å²) in [7, 11) is 0. The second-order valence-corrected chi connectivity index (χ2v) is 4.09. The van der Waals surface area contributed by atoms with Gasteiger partial charge < -0.3 is 15.0 Å². The number of ether oxygens (including phenoxy) is 1. The van der Waals surface area contributed by atoms with E-state index in [1.54, 1.807) is 0 Å². The van der Waals surface area contributed by atoms with Gasteiger partial charge in [-0.05, 0) is 19.8 Å². The van der Waals surface area contributed by atoms with E-state index in [0.29, 0.717) is 6.54 Å². The molecule has 0 amide bonds. The minimum Gasteiger partial charge on any atom is -0.381 e. The molecule has 4 nitrogen and oxygen atoms in total. The first-order valence-electron chi connectivity index (χ1n) is 5.06. The molecule has 0 bridgehead atoms. The first-order valence-corrected chi connectivity index (χ1v) is 5.06. The van der Waals surface area contributed by atoms with E-state index in [1.165, 1.54) is 0 Å². The van der Waals surface area contributed by atoms with Gasteiger partial charge in [0.05, 0.1) is 12.0 Å². The summed E-state index contributed by atoms with van der Waals surface area (Å²) in [5.41, 5.74) is 6.66. The zero-order valence-electron chi connectivity index (χ0n) is 8.57. The van der Waals surface area contributed by atoms with Crippen LogP contribution in [0.3, 0.4) is 0 Å². The lowest BCUT2D eigenvalue weighted by molar-refractivity contribution is 0.0294. The monoisotopic (exact) mass is 195 g/mol. The lowest BCUT2D eigenvalue weighted by Gasteiger charge is -2.34. The van der Waals surface area contributed by atoms with Gasteiger partial charge in [-0.15, -0.1) is 0 Å². The second-order valence-electron chi connectivity index (χ2n) is 4.09. The predicted molar refractivity (Wildman–Crippen MR) is 53.8 cm³/mol. The summed E-state index contributed by atoms with van der Waals surface area (Å²) in [4.78, 5) is 4.25. The van der Waals surface area contributed by atoms with Crippen molar-refractivity contribution in [1.82, 2.24) is 9.55 Å². The van der Waals surface area contributed by atoms with E-state index in [0.717, 1.165) is 31.7 Å². The third kappa shape index (κ3) is 1.67. The molecule has 0 aromatic carbocycles. The average molecular weight is 195 g/mol. The van der Waals surface area contributed by atoms with E-state index in [9.17, 15) is 0 Å². The summed E-state index contributed by atoms with van der Waals surface area (Å²) in [5.74, 6) is 0. The second kappa shape index (κ2) is 3.71. The SMILES string of the molecule is CC1(n2cnc(CN)c2)CCOCC1. The van der Waals surface area contributed by atoms with Crippen LogP contribution in [0.4, 0.5) is 0 Å². The Kier molecular flexibility index (Phi) is 2.56. The van der Waals surface area contributed by atoms with Gasteiger partial charge in [-0.3, -0.25) is 0 Å². The van der Waals surface area contributed by atoms with Gasteiger partial charge in [-0.1, -0.05) is 0 Å². The van der Waals surface area contributed by atoms with E-state index in [-0.39, 0.29) is 5.54 Å². The molecule has 1 aromatic heterocycles. The lowest BCUT2D eigenvalue weighted by Crippen LogP contribution is -2.35. The van der Waals surface area contributed by atoms with Gasteiger partial charge in [0.1, 0.15) is 0 Å². The average Bonchev–Trinajstić information content (AvgIpc) is 2.67. The summed E-state index contributed by atoms with van der Waals surface area (Å²) in [5, 5.41) is 0. The highest BCUT2D eigenvalue weighted by Gasteiger charge is 2.28. The van der Waals surface area contributed by atoms with Crippen LogP contribution in [0.1, 0.15) is 25.5 Å². The molecule has 2 rings (SSSR count). The Labute approximate surface area is 84.1 Å². The molecule has 14 heavy (non-hydrogen) atoms. The molecule has 1 aliphatic heterocycles. The molecule has 0 unspecified atom stereocenters. The molecule has 0 atom stereocenters. The van der Waals surface area contributed by atoms with Crippen LogP contribution < -0.4 is 5.73 Å². The fourth-order valence-corrected chi connectivity index (χ4v) is 1.83. The van der Waals surface area contributed by atoms with Crippen LogP contribution in [0.2, 0.25) is 0 Å². The van der Waals surface area contributed by atoms with Gasteiger partial charge in [0, 0.05) is 31.5 Å². The number of hydrogen-bond acceptors (Lipinski definition) is 3. The number of nitrogens with two attached hydrogens (primary N) is 1. The van der Waals surface area contributed by atoms with Crippen molar-refractivity contribution >= 4 is 0 Å². The van der Waals surface area contributed by atoms with Crippen LogP contribution in [-0.2, 0) is 16.8 Å². The number of hydrogen-bond donors (Lipinski definition) is 1. The number of nitrogens with zero attached hydrogens (tertiary/aromatic N) is 2. The fraction of sp³-hybridized carbons (Fsp3) is 0.700. The van der Waals surface area contributed by atoms with Crippen LogP contribution in [0, 0.1) is 0 Å². The summed E-state index contributed by atoms with van der Waals surface area (Å²) in [6.45, 7) is 4.44. The highest BCUT2D eigenvalue weighted by Crippen LogP contribution is 2.28. The van der Waals surface area contributed by atoms with Gasteiger partial charge in [0.25, 0.3) is 0 Å². The minimum absolute atomic E-state index is 0.165. The van der Waals surface area contributed by atoms with E-state index in [2.05, 4.69) is 16.5 Å². The maximum absolute atomic E-state index is 5.54. The Morgan fingerprint density at radius 2 is 2.29 bits per heavy atom. The number of aromatic nitrogens is 2. The Morgan fingerprint density at radius 1 is 1.57 bits per heavy atom. The van der Waals surface area contributed by atoms with Crippen LogP contribution >= 0.6 is 0 Å². The molecule has 1 aromatic rings. The predicted octanol–water partition coefficient (Wildman–Crippen LogP) is 0.867. The summed E-state index contributed by atoms with van der Waals surface area (Å²) < 4.78 is 7.54. The minimum atomic E-state index is 0.165. The van der Waals surface area contributed by atoms with Crippen molar-refractivity contribution in [3.05, 3.63) is 18.2 Å². The summed E-state index contributed by atoms with van der Waals surface area (Å²) in [6.07, 6.45) is 6.03. The lowest BCUT2D eigenvalue weighted by atomic mass is 9.92. The highest BCUT2D eigenvalue weighted by atomic mass is 16.5. The summed E-state index contributed by atoms with van der Waals surface area (Å²) in [6, 6.07) is 0. The van der Waals surface area contributed by atoms with Crippen molar-refractivity contribution in [3.8, 4) is 0 Å². The Bertz CT molecular complexity index is 302. The quantitative estimate of drug-likeness (QED) is 0.761. The molecule has 0 radical (unpaired) electrons. The van der Waals surface area contributed by atoms with E-state index >= 15 is 0 Å². The van der Waals surface area contributed by atoms with Crippen molar-refractivity contribution in [2.24, 2.45) is 5.73 Å². The molecule has 1 aliphatic rings. The third-order valence-electron chi connectivity index (χ3n) is 3.04. The van der Waals surface area contributed by atoms with Gasteiger partial charge >= 0.3 is 0 Å². The fourth-order valence-electron chi connectivity index (χ4n) is 1.83. The van der Waals surface area contributed by atoms with Gasteiger partial charge in [0.15, 0.2) is 0 Å². The van der Waals surface area contributed by atoms with E-state index < -0.39 is 0 Å². The Balaban J connectivity index is 2.19. The molecule has 1 saturated heterocycles. The van der Waals surface area contributed by atoms with Crippen LogP contribution in [0.15, 0.2) is 12.5 Å². The largest absolute Gasteiger partial charge is 0.381 e. The van der Waals surface area contributed by atoms with Gasteiger partial charge in [0.2, 0.25) is 0 Å². The maximum Gasteiger partial charge on any atom is 0.0955 e. The van der Waals surface area contributed by atoms with Crippen LogP contribution in [0.5, 0.6) is 0 Å². The first-order chi connectivity index (χ1) is 6.74. The smallest absolute Gasteiger partial charge is 0.0955 e. The molecule has 0 aliphatic carbocycles. The molecule has 4 heteroatoms. The number of rotatable bonds is 2. The molecule has 2 heterocycles. The van der Waals surface area contributed by atoms with Crippen molar-refractivity contribution in [1.29, 1.82) is 0 Å². The van der Waals surface area contributed by atoms with Crippen LogP contribution in [-0.4, -0.2) is 22.8 Å². The standard InChI is InChI=1S/C10H17N3O/c1-10(2-4-14-5-3-10)13-7-9(6-11)12-8-13/h7-8H,2-6,11H2,1H3. The van der Waals surface area contributed by atoms with Crippen LogP contribution in [0.25, 0.3) is 0 Å². The Morgan fingerprint density at radius 3 is 2.86 bits per heavy atom. The molecule has 1 fully saturated rings. The van der Waals surface area contributed by atoms with E-state index in [4.69, 9.17) is 10.5 Å². The topological polar surface area (TPSA) is 53.1 Å². The van der Waals surface area contributed by atoms with Gasteiger partial charge in [-0.2, -0.15) is 0 Å². The van der Waals surface area contributed by atoms with Crippen molar-refractivity contribution in [3.63, 3.8) is 0 Å². The molecule has 78 valence electrons. The third-order valence-corrected chi connectivity index (χ3v) is 3.04. The van der Waals surface area contributed by atoms with Gasteiger partial charge in [-0.25, -0.2) is 4.98 Å². The van der Waals surface area contributed by atoms with Crippen molar-refractivity contribution in [2.45, 2.75) is 31.8 Å². The Hall–Kier alpha value is -0.870. The molecule has 2 N–H and O–H groups in total. The number of imidazole rings is 1. The molecular weight excluding hydrogens is 178 g/mol. The normalized spacial score (nSPS) is 21.0.